The number of hydrogen-bond acceptors (Lipinski definition) is 2. The summed E-state index contributed by atoms with van der Waals surface area (Å²) >= 11 is 24.4. The minimum absolute atomic E-state index is 0.0505. The second kappa shape index (κ2) is 11.8. The van der Waals surface area contributed by atoms with Gasteiger partial charge in [0, 0.05) is 23.1 Å². The van der Waals surface area contributed by atoms with Gasteiger partial charge in [0.05, 0.1) is 16.5 Å². The highest BCUT2D eigenvalue weighted by atomic mass is 35.5. The van der Waals surface area contributed by atoms with E-state index in [2.05, 4.69) is 5.32 Å². The van der Waals surface area contributed by atoms with Gasteiger partial charge in [0.1, 0.15) is 6.04 Å². The summed E-state index contributed by atoms with van der Waals surface area (Å²) < 4.78 is 0. The van der Waals surface area contributed by atoms with E-state index in [4.69, 9.17) is 46.4 Å². The molecule has 1 atom stereocenters. The predicted molar refractivity (Wildman–Crippen MR) is 125 cm³/mol. The van der Waals surface area contributed by atoms with Crippen molar-refractivity contribution in [3.05, 3.63) is 67.6 Å². The Hall–Kier alpha value is -1.46. The van der Waals surface area contributed by atoms with E-state index in [1.54, 1.807) is 41.3 Å². The van der Waals surface area contributed by atoms with Crippen molar-refractivity contribution in [1.29, 1.82) is 0 Å². The predicted octanol–water partition coefficient (Wildman–Crippen LogP) is 6.18. The maximum Gasteiger partial charge on any atom is 0.242 e. The van der Waals surface area contributed by atoms with E-state index in [0.717, 1.165) is 12.0 Å². The van der Waals surface area contributed by atoms with Crippen LogP contribution in [0.4, 0.5) is 0 Å². The van der Waals surface area contributed by atoms with Gasteiger partial charge in [-0.1, -0.05) is 72.4 Å². The van der Waals surface area contributed by atoms with E-state index in [1.165, 1.54) is 0 Å². The number of rotatable bonds is 9. The van der Waals surface area contributed by atoms with Crippen molar-refractivity contribution < 1.29 is 9.59 Å². The summed E-state index contributed by atoms with van der Waals surface area (Å²) in [6.07, 6.45) is 1.33. The number of amides is 2. The lowest BCUT2D eigenvalue weighted by molar-refractivity contribution is -0.140. The fourth-order valence-electron chi connectivity index (χ4n) is 3.05. The molecule has 2 aromatic carbocycles. The number of hydrogen-bond donors (Lipinski definition) is 1. The number of carbonyl (C=O) groups is 2. The molecule has 0 spiro atoms. The average molecular weight is 490 g/mol. The summed E-state index contributed by atoms with van der Waals surface area (Å²) in [5, 5.41) is 4.61. The molecule has 0 aliphatic heterocycles. The van der Waals surface area contributed by atoms with Crippen LogP contribution in [0.3, 0.4) is 0 Å². The van der Waals surface area contributed by atoms with Crippen LogP contribution in [0, 0.1) is 0 Å². The van der Waals surface area contributed by atoms with Gasteiger partial charge in [-0.3, -0.25) is 9.59 Å². The highest BCUT2D eigenvalue weighted by Gasteiger charge is 2.29. The summed E-state index contributed by atoms with van der Waals surface area (Å²) in [7, 11) is 0. The average Bonchev–Trinajstić information content (AvgIpc) is 2.70. The maximum atomic E-state index is 13.3. The van der Waals surface area contributed by atoms with Gasteiger partial charge in [-0.15, -0.1) is 0 Å². The first-order valence-electron chi connectivity index (χ1n) is 9.71. The lowest BCUT2D eigenvalue weighted by Gasteiger charge is -2.31. The topological polar surface area (TPSA) is 49.4 Å². The second-order valence-corrected chi connectivity index (χ2v) is 8.56. The van der Waals surface area contributed by atoms with Crippen molar-refractivity contribution in [3.63, 3.8) is 0 Å². The largest absolute Gasteiger partial charge is 0.354 e. The SMILES string of the molecule is CCCNC(=O)[C@H](CC)N(Cc1ccc(Cl)c(Cl)c1)C(=O)Cc1ccc(Cl)cc1Cl. The Bertz CT molecular complexity index is 905. The van der Waals surface area contributed by atoms with E-state index in [-0.39, 0.29) is 24.8 Å². The lowest BCUT2D eigenvalue weighted by Crippen LogP contribution is -2.49. The van der Waals surface area contributed by atoms with Crippen LogP contribution in [0.15, 0.2) is 36.4 Å². The molecule has 0 heterocycles. The van der Waals surface area contributed by atoms with E-state index < -0.39 is 6.04 Å². The molecule has 30 heavy (non-hydrogen) atoms. The van der Waals surface area contributed by atoms with Crippen molar-refractivity contribution in [1.82, 2.24) is 10.2 Å². The first-order chi connectivity index (χ1) is 14.3. The zero-order chi connectivity index (χ0) is 22.3. The number of halogens is 4. The van der Waals surface area contributed by atoms with E-state index in [1.807, 2.05) is 13.8 Å². The van der Waals surface area contributed by atoms with Gasteiger partial charge in [-0.25, -0.2) is 0 Å². The molecule has 0 aliphatic carbocycles. The first-order valence-corrected chi connectivity index (χ1v) is 11.2. The minimum Gasteiger partial charge on any atom is -0.354 e. The van der Waals surface area contributed by atoms with Crippen molar-refractivity contribution in [3.8, 4) is 0 Å². The van der Waals surface area contributed by atoms with Crippen molar-refractivity contribution in [2.75, 3.05) is 6.54 Å². The van der Waals surface area contributed by atoms with Gasteiger partial charge < -0.3 is 10.2 Å². The summed E-state index contributed by atoms with van der Waals surface area (Å²) in [4.78, 5) is 27.6. The third-order valence-corrected chi connectivity index (χ3v) is 5.95. The third kappa shape index (κ3) is 6.78. The van der Waals surface area contributed by atoms with Crippen LogP contribution in [-0.2, 0) is 22.6 Å². The molecule has 0 saturated heterocycles. The van der Waals surface area contributed by atoms with Gasteiger partial charge in [0.25, 0.3) is 0 Å². The molecular weight excluding hydrogens is 466 g/mol. The molecule has 0 unspecified atom stereocenters. The maximum absolute atomic E-state index is 13.3. The molecule has 0 bridgehead atoms. The van der Waals surface area contributed by atoms with Gasteiger partial charge >= 0.3 is 0 Å². The Morgan fingerprint density at radius 3 is 2.30 bits per heavy atom. The van der Waals surface area contributed by atoms with Gasteiger partial charge in [-0.2, -0.15) is 0 Å². The number of nitrogens with one attached hydrogen (secondary N) is 1. The van der Waals surface area contributed by atoms with E-state index in [0.29, 0.717) is 38.6 Å². The molecule has 8 heteroatoms. The quantitative estimate of drug-likeness (QED) is 0.457. The molecule has 0 radical (unpaired) electrons. The molecule has 4 nitrogen and oxygen atoms in total. The van der Waals surface area contributed by atoms with E-state index >= 15 is 0 Å². The summed E-state index contributed by atoms with van der Waals surface area (Å²) in [5.74, 6) is -0.404. The smallest absolute Gasteiger partial charge is 0.242 e. The monoisotopic (exact) mass is 488 g/mol. The second-order valence-electron chi connectivity index (χ2n) is 6.90. The minimum atomic E-state index is -0.621. The molecule has 0 fully saturated rings. The molecule has 0 aromatic heterocycles. The van der Waals surface area contributed by atoms with Crippen LogP contribution in [0.25, 0.3) is 0 Å². The Balaban J connectivity index is 2.33. The van der Waals surface area contributed by atoms with Gasteiger partial charge in [-0.05, 0) is 48.2 Å². The summed E-state index contributed by atoms with van der Waals surface area (Å²) in [6.45, 7) is 4.62. The highest BCUT2D eigenvalue weighted by Crippen LogP contribution is 2.26. The number of nitrogens with zero attached hydrogens (tertiary/aromatic N) is 1. The lowest BCUT2D eigenvalue weighted by atomic mass is 10.1. The molecule has 1 N–H and O–H groups in total. The van der Waals surface area contributed by atoms with Crippen LogP contribution in [0.5, 0.6) is 0 Å². The van der Waals surface area contributed by atoms with Crippen LogP contribution in [-0.4, -0.2) is 29.3 Å². The van der Waals surface area contributed by atoms with Crippen LogP contribution in [0.1, 0.15) is 37.8 Å². The Morgan fingerprint density at radius 1 is 0.967 bits per heavy atom. The molecule has 0 saturated carbocycles. The van der Waals surface area contributed by atoms with E-state index in [9.17, 15) is 9.59 Å². The fraction of sp³-hybridized carbons (Fsp3) is 0.364. The molecule has 2 amide bonds. The summed E-state index contributed by atoms with van der Waals surface area (Å²) in [6, 6.07) is 9.56. The number of carbonyl (C=O) groups excluding carboxylic acids is 2. The molecular formula is C22H24Cl4N2O2. The molecule has 2 aromatic rings. The fourth-order valence-corrected chi connectivity index (χ4v) is 3.85. The molecule has 0 aliphatic rings. The third-order valence-electron chi connectivity index (χ3n) is 4.63. The Morgan fingerprint density at radius 2 is 1.70 bits per heavy atom. The zero-order valence-electron chi connectivity index (χ0n) is 16.9. The van der Waals surface area contributed by atoms with Crippen molar-refractivity contribution in [2.45, 2.75) is 45.7 Å². The zero-order valence-corrected chi connectivity index (χ0v) is 19.9. The highest BCUT2D eigenvalue weighted by molar-refractivity contribution is 6.42. The normalized spacial score (nSPS) is 11.8. The first kappa shape index (κ1) is 24.8. The van der Waals surface area contributed by atoms with Gasteiger partial charge in [0.2, 0.25) is 11.8 Å². The molecule has 162 valence electrons. The van der Waals surface area contributed by atoms with Crippen LogP contribution < -0.4 is 5.32 Å². The van der Waals surface area contributed by atoms with Crippen LogP contribution in [0.2, 0.25) is 20.1 Å². The number of benzene rings is 2. The van der Waals surface area contributed by atoms with Gasteiger partial charge in [0.15, 0.2) is 0 Å². The van der Waals surface area contributed by atoms with Crippen molar-refractivity contribution in [2.24, 2.45) is 0 Å². The van der Waals surface area contributed by atoms with Crippen LogP contribution >= 0.6 is 46.4 Å². The Labute approximate surface area is 197 Å². The Kier molecular flexibility index (Phi) is 9.76. The van der Waals surface area contributed by atoms with Crippen molar-refractivity contribution >= 4 is 58.2 Å². The molecule has 2 rings (SSSR count). The standard InChI is InChI=1S/C22H24Cl4N2O2/c1-3-9-27-22(30)20(4-2)28(13-14-5-8-17(24)19(26)10-14)21(29)11-15-6-7-16(23)12-18(15)25/h5-8,10,12,20H,3-4,9,11,13H2,1-2H3,(H,27,30)/t20-/m0/s1. The summed E-state index contributed by atoms with van der Waals surface area (Å²) in [5.41, 5.74) is 1.43.